The van der Waals surface area contributed by atoms with E-state index in [0.717, 1.165) is 18.4 Å². The third-order valence-electron chi connectivity index (χ3n) is 4.91. The van der Waals surface area contributed by atoms with Crippen LogP contribution in [0.25, 0.3) is 11.4 Å². The van der Waals surface area contributed by atoms with Gasteiger partial charge in [-0.25, -0.2) is 4.68 Å². The molecular weight excluding hydrogens is 412 g/mol. The lowest BCUT2D eigenvalue weighted by molar-refractivity contribution is 0.102. The Morgan fingerprint density at radius 2 is 1.74 bits per heavy atom. The van der Waals surface area contributed by atoms with Gasteiger partial charge < -0.3 is 10.6 Å². The standard InChI is InChI=1S/C22H18N6O2S/c29-21(14-6-8-16(9-7-14)23-22(30)19-5-2-12-31-19)24-17-4-1-3-15(13-17)20-25-26-27-28(20)18-10-11-18/h1-9,12-13,18H,10-11H2,(H,23,30)(H,24,29). The zero-order valence-corrected chi connectivity index (χ0v) is 17.2. The fourth-order valence-corrected chi connectivity index (χ4v) is 3.81. The van der Waals surface area contributed by atoms with Crippen LogP contribution in [0, 0.1) is 0 Å². The molecule has 9 heteroatoms. The zero-order valence-electron chi connectivity index (χ0n) is 16.4. The number of carbonyl (C=O) groups is 2. The van der Waals surface area contributed by atoms with Gasteiger partial charge in [0, 0.05) is 22.5 Å². The van der Waals surface area contributed by atoms with E-state index in [9.17, 15) is 9.59 Å². The van der Waals surface area contributed by atoms with E-state index in [1.54, 1.807) is 30.3 Å². The number of carbonyl (C=O) groups excluding carboxylic acids is 2. The maximum absolute atomic E-state index is 12.7. The van der Waals surface area contributed by atoms with Gasteiger partial charge in [0.15, 0.2) is 5.82 Å². The molecule has 2 aromatic carbocycles. The van der Waals surface area contributed by atoms with Gasteiger partial charge >= 0.3 is 0 Å². The Balaban J connectivity index is 1.27. The molecule has 2 heterocycles. The second kappa shape index (κ2) is 8.11. The largest absolute Gasteiger partial charge is 0.322 e. The normalized spacial score (nSPS) is 13.0. The number of hydrogen-bond donors (Lipinski definition) is 2. The van der Waals surface area contributed by atoms with E-state index in [4.69, 9.17) is 0 Å². The monoisotopic (exact) mass is 430 g/mol. The number of aromatic nitrogens is 4. The predicted octanol–water partition coefficient (Wildman–Crippen LogP) is 4.24. The molecular formula is C22H18N6O2S. The van der Waals surface area contributed by atoms with Crippen LogP contribution in [0.1, 0.15) is 38.9 Å². The molecule has 31 heavy (non-hydrogen) atoms. The van der Waals surface area contributed by atoms with Crippen LogP contribution in [0.15, 0.2) is 66.0 Å². The van der Waals surface area contributed by atoms with E-state index < -0.39 is 0 Å². The van der Waals surface area contributed by atoms with Gasteiger partial charge in [-0.15, -0.1) is 16.4 Å². The van der Waals surface area contributed by atoms with Crippen LogP contribution in [0.3, 0.4) is 0 Å². The predicted molar refractivity (Wildman–Crippen MR) is 118 cm³/mol. The molecule has 0 aliphatic heterocycles. The highest BCUT2D eigenvalue weighted by Crippen LogP contribution is 2.36. The molecule has 0 bridgehead atoms. The summed E-state index contributed by atoms with van der Waals surface area (Å²) in [6, 6.07) is 18.2. The number of anilines is 2. The van der Waals surface area contributed by atoms with Crippen molar-refractivity contribution in [3.63, 3.8) is 0 Å². The van der Waals surface area contributed by atoms with Gasteiger partial charge in [0.05, 0.1) is 10.9 Å². The quantitative estimate of drug-likeness (QED) is 0.476. The van der Waals surface area contributed by atoms with Crippen molar-refractivity contribution in [2.45, 2.75) is 18.9 Å². The van der Waals surface area contributed by atoms with Crippen molar-refractivity contribution in [2.75, 3.05) is 10.6 Å². The van der Waals surface area contributed by atoms with Gasteiger partial charge in [0.2, 0.25) is 0 Å². The zero-order chi connectivity index (χ0) is 21.2. The number of tetrazole rings is 1. The van der Waals surface area contributed by atoms with Crippen molar-refractivity contribution in [2.24, 2.45) is 0 Å². The molecule has 5 rings (SSSR count). The van der Waals surface area contributed by atoms with Crippen molar-refractivity contribution in [3.8, 4) is 11.4 Å². The van der Waals surface area contributed by atoms with Crippen LogP contribution < -0.4 is 10.6 Å². The molecule has 0 atom stereocenters. The molecule has 1 saturated carbocycles. The molecule has 2 N–H and O–H groups in total. The van der Waals surface area contributed by atoms with Crippen LogP contribution in [0.4, 0.5) is 11.4 Å². The van der Waals surface area contributed by atoms with Crippen LogP contribution in [-0.4, -0.2) is 32.0 Å². The fourth-order valence-electron chi connectivity index (χ4n) is 3.19. The molecule has 0 unspecified atom stereocenters. The Hall–Kier alpha value is -3.85. The molecule has 2 amide bonds. The first kappa shape index (κ1) is 19.1. The van der Waals surface area contributed by atoms with Crippen LogP contribution in [-0.2, 0) is 0 Å². The highest BCUT2D eigenvalue weighted by Gasteiger charge is 2.28. The van der Waals surface area contributed by atoms with Crippen molar-refractivity contribution >= 4 is 34.5 Å². The van der Waals surface area contributed by atoms with Gasteiger partial charge in [0.1, 0.15) is 0 Å². The molecule has 1 aliphatic rings. The van der Waals surface area contributed by atoms with Crippen molar-refractivity contribution in [3.05, 3.63) is 76.5 Å². The van der Waals surface area contributed by atoms with Gasteiger partial charge in [-0.3, -0.25) is 9.59 Å². The second-order valence-corrected chi connectivity index (χ2v) is 8.17. The summed E-state index contributed by atoms with van der Waals surface area (Å²) in [7, 11) is 0. The molecule has 2 aromatic heterocycles. The minimum absolute atomic E-state index is 0.169. The maximum Gasteiger partial charge on any atom is 0.265 e. The number of rotatable bonds is 6. The summed E-state index contributed by atoms with van der Waals surface area (Å²) in [4.78, 5) is 25.4. The number of benzene rings is 2. The van der Waals surface area contributed by atoms with Gasteiger partial charge in [0.25, 0.3) is 11.8 Å². The lowest BCUT2D eigenvalue weighted by Gasteiger charge is -2.09. The van der Waals surface area contributed by atoms with E-state index in [1.807, 2.05) is 40.4 Å². The highest BCUT2D eigenvalue weighted by atomic mass is 32.1. The Bertz CT molecular complexity index is 1230. The Morgan fingerprint density at radius 3 is 2.48 bits per heavy atom. The Morgan fingerprint density at radius 1 is 0.935 bits per heavy atom. The smallest absolute Gasteiger partial charge is 0.265 e. The van der Waals surface area contributed by atoms with E-state index in [0.29, 0.717) is 33.7 Å². The van der Waals surface area contributed by atoms with Gasteiger partial charge in [-0.2, -0.15) is 0 Å². The van der Waals surface area contributed by atoms with E-state index in [-0.39, 0.29) is 11.8 Å². The highest BCUT2D eigenvalue weighted by molar-refractivity contribution is 7.12. The van der Waals surface area contributed by atoms with Crippen molar-refractivity contribution in [1.82, 2.24) is 20.2 Å². The topological polar surface area (TPSA) is 102 Å². The number of amides is 2. The number of hydrogen-bond acceptors (Lipinski definition) is 6. The van der Waals surface area contributed by atoms with Crippen LogP contribution in [0.2, 0.25) is 0 Å². The molecule has 154 valence electrons. The van der Waals surface area contributed by atoms with E-state index in [1.165, 1.54) is 11.3 Å². The first-order valence-corrected chi connectivity index (χ1v) is 10.7. The van der Waals surface area contributed by atoms with Crippen LogP contribution in [0.5, 0.6) is 0 Å². The summed E-state index contributed by atoms with van der Waals surface area (Å²) in [5, 5.41) is 19.6. The summed E-state index contributed by atoms with van der Waals surface area (Å²) >= 11 is 1.38. The molecule has 0 saturated heterocycles. The average molecular weight is 430 g/mol. The van der Waals surface area contributed by atoms with Crippen molar-refractivity contribution < 1.29 is 9.59 Å². The number of nitrogens with one attached hydrogen (secondary N) is 2. The number of thiophene rings is 1. The first-order valence-electron chi connectivity index (χ1n) is 9.82. The van der Waals surface area contributed by atoms with Gasteiger partial charge in [-0.1, -0.05) is 18.2 Å². The second-order valence-electron chi connectivity index (χ2n) is 7.22. The van der Waals surface area contributed by atoms with E-state index in [2.05, 4.69) is 26.2 Å². The molecule has 1 aliphatic carbocycles. The van der Waals surface area contributed by atoms with Gasteiger partial charge in [-0.05, 0) is 71.1 Å². The molecule has 4 aromatic rings. The first-order chi connectivity index (χ1) is 15.2. The molecule has 8 nitrogen and oxygen atoms in total. The third kappa shape index (κ3) is 4.22. The molecule has 1 fully saturated rings. The minimum Gasteiger partial charge on any atom is -0.322 e. The minimum atomic E-state index is -0.241. The summed E-state index contributed by atoms with van der Waals surface area (Å²) < 4.78 is 1.84. The maximum atomic E-state index is 12.7. The molecule has 0 spiro atoms. The summed E-state index contributed by atoms with van der Waals surface area (Å²) in [6.45, 7) is 0. The van der Waals surface area contributed by atoms with Crippen LogP contribution >= 0.6 is 11.3 Å². The third-order valence-corrected chi connectivity index (χ3v) is 5.78. The summed E-state index contributed by atoms with van der Waals surface area (Å²) in [5.74, 6) is 0.289. The lowest BCUT2D eigenvalue weighted by Crippen LogP contribution is -2.13. The summed E-state index contributed by atoms with van der Waals surface area (Å²) in [5.41, 5.74) is 2.62. The Labute approximate surface area is 181 Å². The SMILES string of the molecule is O=C(Nc1cccc(-c2nnnn2C2CC2)c1)c1ccc(NC(=O)c2cccs2)cc1. The average Bonchev–Trinajstić information content (AvgIpc) is 3.27. The molecule has 0 radical (unpaired) electrons. The lowest BCUT2D eigenvalue weighted by atomic mass is 10.1. The Kier molecular flexibility index (Phi) is 5.01. The number of nitrogens with zero attached hydrogens (tertiary/aromatic N) is 4. The fraction of sp³-hybridized carbons (Fsp3) is 0.136. The van der Waals surface area contributed by atoms with E-state index >= 15 is 0 Å². The van der Waals surface area contributed by atoms with Crippen molar-refractivity contribution in [1.29, 1.82) is 0 Å². The summed E-state index contributed by atoms with van der Waals surface area (Å²) in [6.07, 6.45) is 2.16.